The summed E-state index contributed by atoms with van der Waals surface area (Å²) in [6.07, 6.45) is 3.16. The lowest BCUT2D eigenvalue weighted by atomic mass is 10.0. The summed E-state index contributed by atoms with van der Waals surface area (Å²) < 4.78 is 2.63. The van der Waals surface area contributed by atoms with E-state index in [-0.39, 0.29) is 24.4 Å². The van der Waals surface area contributed by atoms with Crippen molar-refractivity contribution in [1.82, 2.24) is 20.3 Å². The average Bonchev–Trinajstić information content (AvgIpc) is 3.13. The van der Waals surface area contributed by atoms with E-state index >= 15 is 0 Å². The van der Waals surface area contributed by atoms with Crippen LogP contribution in [0.3, 0.4) is 0 Å². The predicted octanol–water partition coefficient (Wildman–Crippen LogP) is 2.62. The monoisotopic (exact) mass is 413 g/mol. The van der Waals surface area contributed by atoms with Crippen molar-refractivity contribution in [2.75, 3.05) is 6.54 Å². The van der Waals surface area contributed by atoms with Crippen LogP contribution < -0.4 is 11.1 Å². The van der Waals surface area contributed by atoms with Crippen LogP contribution in [0.25, 0.3) is 5.69 Å². The molecule has 8 heteroatoms. The number of rotatable bonds is 4. The molecule has 3 rings (SSSR count). The van der Waals surface area contributed by atoms with E-state index in [4.69, 9.17) is 5.73 Å². The van der Waals surface area contributed by atoms with E-state index in [1.807, 2.05) is 31.2 Å². The van der Waals surface area contributed by atoms with E-state index in [2.05, 4.69) is 31.6 Å². The van der Waals surface area contributed by atoms with E-state index in [0.29, 0.717) is 18.2 Å². The van der Waals surface area contributed by atoms with E-state index < -0.39 is 0 Å². The molecule has 3 N–H and O–H groups in total. The minimum absolute atomic E-state index is 0. The number of nitrogens with two attached hydrogens (primary N) is 1. The van der Waals surface area contributed by atoms with Gasteiger partial charge in [-0.3, -0.25) is 4.79 Å². The molecule has 2 atom stereocenters. The van der Waals surface area contributed by atoms with E-state index in [1.165, 1.54) is 0 Å². The van der Waals surface area contributed by atoms with Gasteiger partial charge in [0.15, 0.2) is 5.69 Å². The van der Waals surface area contributed by atoms with Crippen LogP contribution in [0.4, 0.5) is 0 Å². The third-order valence-electron chi connectivity index (χ3n) is 4.44. The zero-order valence-electron chi connectivity index (χ0n) is 13.4. The SMILES string of the molecule is Cc1c(C(=O)NC2CCCC2CN)nnn1-c1cccc(Br)c1.Cl. The number of nitrogens with zero attached hydrogens (tertiary/aromatic N) is 3. The van der Waals surface area contributed by atoms with Gasteiger partial charge in [-0.25, -0.2) is 4.68 Å². The molecule has 1 saturated carbocycles. The first-order valence-electron chi connectivity index (χ1n) is 7.79. The molecule has 1 aliphatic carbocycles. The van der Waals surface area contributed by atoms with E-state index in [0.717, 1.165) is 35.1 Å². The van der Waals surface area contributed by atoms with Gasteiger partial charge in [0.1, 0.15) is 0 Å². The fourth-order valence-electron chi connectivity index (χ4n) is 3.14. The van der Waals surface area contributed by atoms with Gasteiger partial charge in [-0.1, -0.05) is 33.6 Å². The number of benzene rings is 1. The van der Waals surface area contributed by atoms with E-state index in [1.54, 1.807) is 4.68 Å². The predicted molar refractivity (Wildman–Crippen MR) is 98.7 cm³/mol. The van der Waals surface area contributed by atoms with Crippen LogP contribution in [0.5, 0.6) is 0 Å². The Labute approximate surface area is 155 Å². The Morgan fingerprint density at radius 2 is 2.25 bits per heavy atom. The second-order valence-electron chi connectivity index (χ2n) is 5.92. The van der Waals surface area contributed by atoms with Gasteiger partial charge in [0, 0.05) is 10.5 Å². The molecule has 2 unspecified atom stereocenters. The van der Waals surface area contributed by atoms with Gasteiger partial charge in [0.2, 0.25) is 0 Å². The standard InChI is InChI=1S/C16H20BrN5O.ClH/c1-10-15(16(23)19-14-7-2-4-11(14)9-18)20-21-22(10)13-6-3-5-12(17)8-13;/h3,5-6,8,11,14H,2,4,7,9,18H2,1H3,(H,19,23);1H. The topological polar surface area (TPSA) is 85.8 Å². The van der Waals surface area contributed by atoms with Crippen LogP contribution in [0.2, 0.25) is 0 Å². The van der Waals surface area contributed by atoms with Crippen molar-refractivity contribution in [3.8, 4) is 5.69 Å². The summed E-state index contributed by atoms with van der Waals surface area (Å²) in [5.41, 5.74) is 7.73. The minimum atomic E-state index is -0.172. The van der Waals surface area contributed by atoms with Crippen molar-refractivity contribution in [3.63, 3.8) is 0 Å². The molecule has 1 amide bonds. The van der Waals surface area contributed by atoms with Gasteiger partial charge in [-0.15, -0.1) is 17.5 Å². The van der Waals surface area contributed by atoms with Gasteiger partial charge in [-0.2, -0.15) is 0 Å². The number of nitrogens with one attached hydrogen (secondary N) is 1. The molecule has 0 saturated heterocycles. The normalized spacial score (nSPS) is 19.8. The molecule has 0 aliphatic heterocycles. The van der Waals surface area contributed by atoms with Crippen LogP contribution in [-0.4, -0.2) is 33.5 Å². The Bertz CT molecular complexity index is 720. The fraction of sp³-hybridized carbons (Fsp3) is 0.438. The summed E-state index contributed by atoms with van der Waals surface area (Å²) in [7, 11) is 0. The van der Waals surface area contributed by atoms with E-state index in [9.17, 15) is 4.79 Å². The molecular weight excluding hydrogens is 394 g/mol. The molecule has 0 radical (unpaired) electrons. The molecular formula is C16H21BrClN5O. The quantitative estimate of drug-likeness (QED) is 0.805. The van der Waals surface area contributed by atoms with Crippen LogP contribution >= 0.6 is 28.3 Å². The summed E-state index contributed by atoms with van der Waals surface area (Å²) in [5.74, 6) is 0.188. The van der Waals surface area contributed by atoms with Crippen molar-refractivity contribution in [2.24, 2.45) is 11.7 Å². The van der Waals surface area contributed by atoms with Gasteiger partial charge in [-0.05, 0) is 50.4 Å². The molecule has 1 aromatic carbocycles. The maximum absolute atomic E-state index is 12.5. The molecule has 1 aromatic heterocycles. The Kier molecular flexibility index (Phi) is 6.37. The second kappa shape index (κ2) is 8.09. The number of hydrogen-bond donors (Lipinski definition) is 2. The van der Waals surface area contributed by atoms with Crippen molar-refractivity contribution in [2.45, 2.75) is 32.2 Å². The van der Waals surface area contributed by atoms with Crippen molar-refractivity contribution in [1.29, 1.82) is 0 Å². The van der Waals surface area contributed by atoms with Crippen LogP contribution in [0.15, 0.2) is 28.7 Å². The lowest BCUT2D eigenvalue weighted by molar-refractivity contribution is 0.0923. The average molecular weight is 415 g/mol. The maximum atomic E-state index is 12.5. The Hall–Kier alpha value is -1.44. The van der Waals surface area contributed by atoms with Gasteiger partial charge in [0.25, 0.3) is 5.91 Å². The molecule has 1 heterocycles. The summed E-state index contributed by atoms with van der Waals surface area (Å²) in [4.78, 5) is 12.5. The van der Waals surface area contributed by atoms with Crippen LogP contribution in [0, 0.1) is 12.8 Å². The van der Waals surface area contributed by atoms with Crippen molar-refractivity contribution in [3.05, 3.63) is 40.1 Å². The van der Waals surface area contributed by atoms with Gasteiger partial charge >= 0.3 is 0 Å². The lowest BCUT2D eigenvalue weighted by Crippen LogP contribution is -2.40. The number of halogens is 2. The Balaban J connectivity index is 0.00000208. The largest absolute Gasteiger partial charge is 0.348 e. The highest BCUT2D eigenvalue weighted by Crippen LogP contribution is 2.25. The summed E-state index contributed by atoms with van der Waals surface area (Å²) in [6.45, 7) is 2.46. The third kappa shape index (κ3) is 3.79. The molecule has 2 aromatic rings. The number of aromatic nitrogens is 3. The number of hydrogen-bond acceptors (Lipinski definition) is 4. The zero-order chi connectivity index (χ0) is 16.4. The highest BCUT2D eigenvalue weighted by molar-refractivity contribution is 9.10. The molecule has 130 valence electrons. The summed E-state index contributed by atoms with van der Waals surface area (Å²) >= 11 is 3.44. The fourth-order valence-corrected chi connectivity index (χ4v) is 3.52. The molecule has 1 fully saturated rings. The van der Waals surface area contributed by atoms with Gasteiger partial charge in [0.05, 0.1) is 11.4 Å². The van der Waals surface area contributed by atoms with Crippen molar-refractivity contribution < 1.29 is 4.79 Å². The highest BCUT2D eigenvalue weighted by atomic mass is 79.9. The lowest BCUT2D eigenvalue weighted by Gasteiger charge is -2.18. The number of carbonyl (C=O) groups is 1. The van der Waals surface area contributed by atoms with Crippen LogP contribution in [-0.2, 0) is 0 Å². The second-order valence-corrected chi connectivity index (χ2v) is 6.84. The van der Waals surface area contributed by atoms with Crippen LogP contribution in [0.1, 0.15) is 35.4 Å². The molecule has 0 bridgehead atoms. The summed E-state index contributed by atoms with van der Waals surface area (Å²) in [6, 6.07) is 7.87. The first-order chi connectivity index (χ1) is 11.1. The Morgan fingerprint density at radius 1 is 1.46 bits per heavy atom. The van der Waals surface area contributed by atoms with Gasteiger partial charge < -0.3 is 11.1 Å². The maximum Gasteiger partial charge on any atom is 0.273 e. The minimum Gasteiger partial charge on any atom is -0.348 e. The smallest absolute Gasteiger partial charge is 0.273 e. The molecule has 1 aliphatic rings. The molecule has 24 heavy (non-hydrogen) atoms. The number of carbonyl (C=O) groups excluding carboxylic acids is 1. The summed E-state index contributed by atoms with van der Waals surface area (Å²) in [5, 5.41) is 11.3. The van der Waals surface area contributed by atoms with Crippen molar-refractivity contribution >= 4 is 34.2 Å². The Morgan fingerprint density at radius 3 is 2.96 bits per heavy atom. The first kappa shape index (κ1) is 18.9. The molecule has 6 nitrogen and oxygen atoms in total. The zero-order valence-corrected chi connectivity index (χ0v) is 15.8. The molecule has 0 spiro atoms. The third-order valence-corrected chi connectivity index (χ3v) is 4.93. The number of amides is 1. The first-order valence-corrected chi connectivity index (χ1v) is 8.58. The highest BCUT2D eigenvalue weighted by Gasteiger charge is 2.29.